The number of piperidine rings is 1. The Kier molecular flexibility index (Phi) is 6.55. The molecular formula is C24H30N4O. The Labute approximate surface area is 173 Å². The van der Waals surface area contributed by atoms with Crippen LogP contribution in [0.5, 0.6) is 0 Å². The van der Waals surface area contributed by atoms with E-state index < -0.39 is 0 Å². The minimum atomic E-state index is 0.0271. The lowest BCUT2D eigenvalue weighted by molar-refractivity contribution is -0.125. The average Bonchev–Trinajstić information content (AvgIpc) is 2.80. The first-order chi connectivity index (χ1) is 14.3. The predicted molar refractivity (Wildman–Crippen MR) is 117 cm³/mol. The lowest BCUT2D eigenvalue weighted by atomic mass is 9.96. The largest absolute Gasteiger partial charge is 0.356 e. The van der Waals surface area contributed by atoms with Crippen LogP contribution in [-0.4, -0.2) is 35.5 Å². The fourth-order valence-corrected chi connectivity index (χ4v) is 4.27. The van der Waals surface area contributed by atoms with E-state index in [2.05, 4.69) is 21.3 Å². The Morgan fingerprint density at radius 2 is 2.03 bits per heavy atom. The van der Waals surface area contributed by atoms with Crippen LogP contribution >= 0.6 is 0 Å². The molecule has 5 nitrogen and oxygen atoms in total. The van der Waals surface area contributed by atoms with Gasteiger partial charge in [0.2, 0.25) is 5.91 Å². The predicted octanol–water partition coefficient (Wildman–Crippen LogP) is 4.37. The second-order valence-electron chi connectivity index (χ2n) is 8.04. The molecule has 1 saturated heterocycles. The third kappa shape index (κ3) is 5.22. The third-order valence-corrected chi connectivity index (χ3v) is 5.92. The van der Waals surface area contributed by atoms with Gasteiger partial charge in [0.05, 0.1) is 5.92 Å². The minimum absolute atomic E-state index is 0.0271. The van der Waals surface area contributed by atoms with Gasteiger partial charge in [-0.3, -0.25) is 4.79 Å². The van der Waals surface area contributed by atoms with Gasteiger partial charge in [-0.05, 0) is 51.0 Å². The van der Waals surface area contributed by atoms with Gasteiger partial charge in [0.25, 0.3) is 0 Å². The van der Waals surface area contributed by atoms with Crippen LogP contribution in [-0.2, 0) is 4.79 Å². The van der Waals surface area contributed by atoms with Gasteiger partial charge in [-0.1, -0.05) is 42.0 Å². The zero-order chi connectivity index (χ0) is 19.9. The van der Waals surface area contributed by atoms with E-state index in [9.17, 15) is 4.79 Å². The zero-order valence-electron chi connectivity index (χ0n) is 17.0. The summed E-state index contributed by atoms with van der Waals surface area (Å²) in [6, 6.07) is 12.0. The molecule has 1 amide bonds. The minimum Gasteiger partial charge on any atom is -0.356 e. The Bertz CT molecular complexity index is 849. The number of amides is 1. The second kappa shape index (κ2) is 9.68. The Balaban J connectivity index is 1.34. The van der Waals surface area contributed by atoms with E-state index in [1.54, 1.807) is 0 Å². The van der Waals surface area contributed by atoms with E-state index in [1.807, 2.05) is 42.6 Å². The van der Waals surface area contributed by atoms with Crippen LogP contribution in [0.4, 0.5) is 5.82 Å². The van der Waals surface area contributed by atoms with Crippen molar-refractivity contribution in [3.05, 3.63) is 54.2 Å². The number of hydrogen-bond acceptors (Lipinski definition) is 4. The molecule has 29 heavy (non-hydrogen) atoms. The highest BCUT2D eigenvalue weighted by molar-refractivity contribution is 5.79. The number of carbonyl (C=O) groups excluding carboxylic acids is 1. The lowest BCUT2D eigenvalue weighted by Gasteiger charge is -2.33. The first-order valence-electron chi connectivity index (χ1n) is 10.9. The summed E-state index contributed by atoms with van der Waals surface area (Å²) in [5.74, 6) is 1.85. The smallest absolute Gasteiger partial charge is 0.224 e. The summed E-state index contributed by atoms with van der Waals surface area (Å²) in [6.45, 7) is 2.41. The van der Waals surface area contributed by atoms with Crippen molar-refractivity contribution in [3.63, 3.8) is 0 Å². The van der Waals surface area contributed by atoms with Crippen LogP contribution in [0, 0.1) is 5.92 Å². The van der Waals surface area contributed by atoms with E-state index in [0.29, 0.717) is 0 Å². The molecule has 0 unspecified atom stereocenters. The van der Waals surface area contributed by atoms with Gasteiger partial charge in [-0.25, -0.2) is 9.97 Å². The number of aromatic nitrogens is 2. The molecule has 152 valence electrons. The molecule has 4 rings (SSSR count). The molecule has 2 aromatic rings. The van der Waals surface area contributed by atoms with E-state index in [-0.39, 0.29) is 11.8 Å². The van der Waals surface area contributed by atoms with Crippen molar-refractivity contribution in [3.8, 4) is 11.4 Å². The summed E-state index contributed by atoms with van der Waals surface area (Å²) in [7, 11) is 0. The maximum Gasteiger partial charge on any atom is 0.224 e. The normalized spacial score (nSPS) is 19.5. The van der Waals surface area contributed by atoms with E-state index in [0.717, 1.165) is 56.1 Å². The molecule has 1 aliphatic heterocycles. The third-order valence-electron chi connectivity index (χ3n) is 5.92. The topological polar surface area (TPSA) is 58.1 Å². The van der Waals surface area contributed by atoms with Crippen LogP contribution < -0.4 is 10.2 Å². The average molecular weight is 391 g/mol. The van der Waals surface area contributed by atoms with Gasteiger partial charge >= 0.3 is 0 Å². The number of allylic oxidation sites excluding steroid dienone is 1. The van der Waals surface area contributed by atoms with Crippen LogP contribution in [0.2, 0.25) is 0 Å². The monoisotopic (exact) mass is 390 g/mol. The highest BCUT2D eigenvalue weighted by atomic mass is 16.1. The van der Waals surface area contributed by atoms with Crippen molar-refractivity contribution in [2.45, 2.75) is 44.9 Å². The fourth-order valence-electron chi connectivity index (χ4n) is 4.27. The van der Waals surface area contributed by atoms with Crippen LogP contribution in [0.1, 0.15) is 44.9 Å². The fraction of sp³-hybridized carbons (Fsp3) is 0.458. The number of nitrogens with zero attached hydrogens (tertiary/aromatic N) is 3. The first kappa shape index (κ1) is 19.6. The van der Waals surface area contributed by atoms with Crippen molar-refractivity contribution in [2.75, 3.05) is 24.5 Å². The van der Waals surface area contributed by atoms with Crippen LogP contribution in [0.3, 0.4) is 0 Å². The van der Waals surface area contributed by atoms with Crippen LogP contribution in [0.15, 0.2) is 54.2 Å². The Morgan fingerprint density at radius 1 is 1.14 bits per heavy atom. The summed E-state index contributed by atoms with van der Waals surface area (Å²) in [6.07, 6.45) is 12.1. The van der Waals surface area contributed by atoms with E-state index >= 15 is 0 Å². The summed E-state index contributed by atoms with van der Waals surface area (Å²) in [5, 5.41) is 3.17. The van der Waals surface area contributed by atoms with Crippen molar-refractivity contribution >= 4 is 11.7 Å². The highest BCUT2D eigenvalue weighted by Crippen LogP contribution is 2.24. The van der Waals surface area contributed by atoms with E-state index in [4.69, 9.17) is 4.98 Å². The summed E-state index contributed by atoms with van der Waals surface area (Å²) in [5.41, 5.74) is 2.52. The summed E-state index contributed by atoms with van der Waals surface area (Å²) >= 11 is 0. The van der Waals surface area contributed by atoms with Gasteiger partial charge in [0.15, 0.2) is 5.82 Å². The molecule has 1 aromatic heterocycles. The molecule has 1 atom stereocenters. The SMILES string of the molecule is O=C(NCCC1=CCCCC1)[C@@H]1CCCN(c2ccnc(-c3ccccc3)n2)C1. The van der Waals surface area contributed by atoms with Gasteiger partial charge in [-0.15, -0.1) is 0 Å². The molecule has 0 radical (unpaired) electrons. The van der Waals surface area contributed by atoms with Crippen molar-refractivity contribution < 1.29 is 4.79 Å². The molecular weight excluding hydrogens is 360 g/mol. The van der Waals surface area contributed by atoms with Gasteiger partial charge < -0.3 is 10.2 Å². The number of rotatable bonds is 6. The summed E-state index contributed by atoms with van der Waals surface area (Å²) in [4.78, 5) is 24.1. The zero-order valence-corrected chi connectivity index (χ0v) is 17.0. The molecule has 5 heteroatoms. The van der Waals surface area contributed by atoms with Crippen LogP contribution in [0.25, 0.3) is 11.4 Å². The first-order valence-corrected chi connectivity index (χ1v) is 10.9. The maximum atomic E-state index is 12.7. The lowest BCUT2D eigenvalue weighted by Crippen LogP contribution is -2.43. The summed E-state index contributed by atoms with van der Waals surface area (Å²) < 4.78 is 0. The van der Waals surface area contributed by atoms with Crippen molar-refractivity contribution in [2.24, 2.45) is 5.92 Å². The Morgan fingerprint density at radius 3 is 2.86 bits per heavy atom. The molecule has 1 aromatic carbocycles. The standard InChI is InChI=1S/C24H30N4O/c29-24(26-15-13-19-8-3-1-4-9-19)21-12-7-17-28(18-21)22-14-16-25-23(27-22)20-10-5-2-6-11-20/h2,5-6,8,10-11,14,16,21H,1,3-4,7,9,12-13,15,17-18H2,(H,26,29)/t21-/m1/s1. The molecule has 1 aliphatic carbocycles. The van der Waals surface area contributed by atoms with E-state index in [1.165, 1.54) is 31.3 Å². The van der Waals surface area contributed by atoms with Crippen molar-refractivity contribution in [1.82, 2.24) is 15.3 Å². The molecule has 1 fully saturated rings. The molecule has 1 N–H and O–H groups in total. The molecule has 0 spiro atoms. The number of hydrogen-bond donors (Lipinski definition) is 1. The number of carbonyl (C=O) groups is 1. The van der Waals surface area contributed by atoms with Gasteiger partial charge in [-0.2, -0.15) is 0 Å². The number of nitrogens with one attached hydrogen (secondary N) is 1. The Hall–Kier alpha value is -2.69. The second-order valence-corrected chi connectivity index (χ2v) is 8.04. The molecule has 2 aliphatic rings. The van der Waals surface area contributed by atoms with Crippen molar-refractivity contribution in [1.29, 1.82) is 0 Å². The maximum absolute atomic E-state index is 12.7. The quantitative estimate of drug-likeness (QED) is 0.744. The number of anilines is 1. The highest BCUT2D eigenvalue weighted by Gasteiger charge is 2.26. The number of benzene rings is 1. The molecule has 0 saturated carbocycles. The van der Waals surface area contributed by atoms with Gasteiger partial charge in [0.1, 0.15) is 5.82 Å². The van der Waals surface area contributed by atoms with Gasteiger partial charge in [0, 0.05) is 31.4 Å². The molecule has 0 bridgehead atoms. The molecule has 2 heterocycles.